The van der Waals surface area contributed by atoms with Gasteiger partial charge in [0.25, 0.3) is 5.91 Å². The van der Waals surface area contributed by atoms with E-state index in [1.807, 2.05) is 24.5 Å². The Labute approximate surface area is 134 Å². The van der Waals surface area contributed by atoms with E-state index >= 15 is 0 Å². The third-order valence-corrected chi connectivity index (χ3v) is 4.21. The third-order valence-electron chi connectivity index (χ3n) is 3.53. The molecule has 1 amide bonds. The molecule has 0 N–H and O–H groups in total. The highest BCUT2D eigenvalue weighted by Crippen LogP contribution is 2.33. The number of fused-ring (bicyclic) bond motifs is 1. The Kier molecular flexibility index (Phi) is 4.38. The molecular weight excluding hydrogens is 300 g/mol. The first-order valence-corrected chi connectivity index (χ1v) is 8.51. The van der Waals surface area contributed by atoms with Crippen LogP contribution in [0.25, 0.3) is 6.08 Å². The van der Waals surface area contributed by atoms with Crippen LogP contribution < -0.4 is 9.47 Å². The van der Waals surface area contributed by atoms with Crippen LogP contribution in [0.1, 0.15) is 25.3 Å². The summed E-state index contributed by atoms with van der Waals surface area (Å²) >= 11 is 1.50. The van der Waals surface area contributed by atoms with Crippen LogP contribution in [0, 0.1) is 0 Å². The molecular formula is C16H18N2O3S. The SMILES string of the molecule is CCCCN1C(=O)/C(=C\c2ccc3c(c2)OCO3)N=C1SC. The zero-order chi connectivity index (χ0) is 15.5. The van der Waals surface area contributed by atoms with Crippen molar-refractivity contribution in [3.8, 4) is 11.5 Å². The quantitative estimate of drug-likeness (QED) is 0.800. The first-order chi connectivity index (χ1) is 10.7. The lowest BCUT2D eigenvalue weighted by Gasteiger charge is -2.15. The molecule has 0 spiro atoms. The van der Waals surface area contributed by atoms with Gasteiger partial charge in [-0.1, -0.05) is 31.2 Å². The minimum absolute atomic E-state index is 0.0320. The Morgan fingerprint density at radius 2 is 2.18 bits per heavy atom. The second kappa shape index (κ2) is 6.44. The number of unbranched alkanes of at least 4 members (excludes halogenated alkanes) is 1. The van der Waals surface area contributed by atoms with E-state index in [9.17, 15) is 4.79 Å². The van der Waals surface area contributed by atoms with Gasteiger partial charge in [-0.3, -0.25) is 9.69 Å². The summed E-state index contributed by atoms with van der Waals surface area (Å²) in [5, 5.41) is 0.769. The maximum absolute atomic E-state index is 12.5. The van der Waals surface area contributed by atoms with Crippen molar-refractivity contribution in [1.82, 2.24) is 4.90 Å². The highest BCUT2D eigenvalue weighted by molar-refractivity contribution is 8.13. The number of thioether (sulfide) groups is 1. The van der Waals surface area contributed by atoms with Gasteiger partial charge in [-0.25, -0.2) is 4.99 Å². The summed E-state index contributed by atoms with van der Waals surface area (Å²) in [6.45, 7) is 3.07. The fraction of sp³-hybridized carbons (Fsp3) is 0.375. The number of carbonyl (C=O) groups excluding carboxylic acids is 1. The van der Waals surface area contributed by atoms with Crippen molar-refractivity contribution in [2.24, 2.45) is 4.99 Å². The Hall–Kier alpha value is -1.95. The molecule has 22 heavy (non-hydrogen) atoms. The maximum atomic E-state index is 12.5. The number of carbonyl (C=O) groups is 1. The van der Waals surface area contributed by atoms with E-state index in [1.165, 1.54) is 11.8 Å². The molecule has 0 saturated carbocycles. The van der Waals surface area contributed by atoms with Crippen LogP contribution in [-0.4, -0.2) is 35.6 Å². The summed E-state index contributed by atoms with van der Waals surface area (Å²) < 4.78 is 10.7. The number of ether oxygens (including phenoxy) is 2. The van der Waals surface area contributed by atoms with Crippen LogP contribution in [0.5, 0.6) is 11.5 Å². The molecule has 6 heteroatoms. The zero-order valence-electron chi connectivity index (χ0n) is 12.7. The molecule has 0 aliphatic carbocycles. The molecule has 0 aromatic heterocycles. The van der Waals surface area contributed by atoms with Crippen molar-refractivity contribution in [2.45, 2.75) is 19.8 Å². The van der Waals surface area contributed by atoms with Gasteiger partial charge >= 0.3 is 0 Å². The van der Waals surface area contributed by atoms with Crippen molar-refractivity contribution in [1.29, 1.82) is 0 Å². The minimum Gasteiger partial charge on any atom is -0.454 e. The van der Waals surface area contributed by atoms with Crippen LogP contribution in [0.2, 0.25) is 0 Å². The standard InChI is InChI=1S/C16H18N2O3S/c1-3-4-7-18-15(19)12(17-16(18)22-2)8-11-5-6-13-14(9-11)21-10-20-13/h5-6,8-9H,3-4,7,10H2,1-2H3/b12-8+. The summed E-state index contributed by atoms with van der Waals surface area (Å²) in [5.41, 5.74) is 1.36. The molecule has 2 aliphatic heterocycles. The molecule has 1 aromatic rings. The Bertz CT molecular complexity index is 655. The Morgan fingerprint density at radius 1 is 1.36 bits per heavy atom. The van der Waals surface area contributed by atoms with E-state index in [1.54, 1.807) is 11.0 Å². The van der Waals surface area contributed by atoms with Gasteiger partial charge in [0.15, 0.2) is 16.7 Å². The Morgan fingerprint density at radius 3 is 2.95 bits per heavy atom. The van der Waals surface area contributed by atoms with E-state index < -0.39 is 0 Å². The van der Waals surface area contributed by atoms with Crippen LogP contribution in [-0.2, 0) is 4.79 Å². The lowest BCUT2D eigenvalue weighted by molar-refractivity contribution is -0.122. The van der Waals surface area contributed by atoms with Gasteiger partial charge in [0.2, 0.25) is 6.79 Å². The summed E-state index contributed by atoms with van der Waals surface area (Å²) in [7, 11) is 0. The summed E-state index contributed by atoms with van der Waals surface area (Å²) in [6, 6.07) is 5.62. The molecule has 0 radical (unpaired) electrons. The van der Waals surface area contributed by atoms with Gasteiger partial charge in [0, 0.05) is 6.54 Å². The highest BCUT2D eigenvalue weighted by atomic mass is 32.2. The van der Waals surface area contributed by atoms with Gasteiger partial charge in [-0.05, 0) is 36.4 Å². The molecule has 2 aliphatic rings. The largest absolute Gasteiger partial charge is 0.454 e. The summed E-state index contributed by atoms with van der Waals surface area (Å²) in [6.07, 6.45) is 5.76. The smallest absolute Gasteiger partial charge is 0.278 e. The molecule has 3 rings (SSSR count). The molecule has 0 bridgehead atoms. The van der Waals surface area contributed by atoms with E-state index in [4.69, 9.17) is 9.47 Å². The number of aliphatic imine (C=N–C) groups is 1. The van der Waals surface area contributed by atoms with Gasteiger partial charge in [-0.2, -0.15) is 0 Å². The van der Waals surface area contributed by atoms with Crippen LogP contribution in [0.4, 0.5) is 0 Å². The van der Waals surface area contributed by atoms with E-state index in [-0.39, 0.29) is 12.7 Å². The molecule has 2 heterocycles. The highest BCUT2D eigenvalue weighted by Gasteiger charge is 2.29. The molecule has 0 fully saturated rings. The van der Waals surface area contributed by atoms with Crippen molar-refractivity contribution in [3.05, 3.63) is 29.5 Å². The second-order valence-electron chi connectivity index (χ2n) is 5.05. The van der Waals surface area contributed by atoms with Crippen molar-refractivity contribution >= 4 is 28.9 Å². The average Bonchev–Trinajstić information content (AvgIpc) is 3.10. The monoisotopic (exact) mass is 318 g/mol. The first kappa shape index (κ1) is 15.0. The van der Waals surface area contributed by atoms with Gasteiger partial charge in [0.05, 0.1) is 0 Å². The minimum atomic E-state index is -0.0320. The molecule has 0 unspecified atom stereocenters. The topological polar surface area (TPSA) is 51.1 Å². The molecule has 1 aromatic carbocycles. The lowest BCUT2D eigenvalue weighted by atomic mass is 10.1. The number of nitrogens with zero attached hydrogens (tertiary/aromatic N) is 2. The molecule has 0 atom stereocenters. The van der Waals surface area contributed by atoms with Crippen molar-refractivity contribution in [3.63, 3.8) is 0 Å². The predicted molar refractivity (Wildman–Crippen MR) is 88.1 cm³/mol. The number of benzene rings is 1. The van der Waals surface area contributed by atoms with Crippen molar-refractivity contribution < 1.29 is 14.3 Å². The number of rotatable bonds is 4. The van der Waals surface area contributed by atoms with E-state index in [0.717, 1.165) is 29.3 Å². The number of hydrogen-bond donors (Lipinski definition) is 0. The fourth-order valence-corrected chi connectivity index (χ4v) is 2.94. The maximum Gasteiger partial charge on any atom is 0.278 e. The average molecular weight is 318 g/mol. The van der Waals surface area contributed by atoms with Crippen LogP contribution in [0.3, 0.4) is 0 Å². The fourth-order valence-electron chi connectivity index (χ4n) is 2.36. The molecule has 5 nitrogen and oxygen atoms in total. The Balaban J connectivity index is 1.85. The normalized spacial score (nSPS) is 18.3. The van der Waals surface area contributed by atoms with E-state index in [0.29, 0.717) is 18.0 Å². The number of amides is 1. The number of amidine groups is 1. The number of hydrogen-bond acceptors (Lipinski definition) is 5. The lowest BCUT2D eigenvalue weighted by Crippen LogP contribution is -2.31. The van der Waals surface area contributed by atoms with Crippen LogP contribution in [0.15, 0.2) is 28.9 Å². The van der Waals surface area contributed by atoms with Crippen LogP contribution >= 0.6 is 11.8 Å². The molecule has 0 saturated heterocycles. The molecule has 116 valence electrons. The van der Waals surface area contributed by atoms with E-state index in [2.05, 4.69) is 11.9 Å². The zero-order valence-corrected chi connectivity index (χ0v) is 13.5. The van der Waals surface area contributed by atoms with Gasteiger partial charge < -0.3 is 9.47 Å². The second-order valence-corrected chi connectivity index (χ2v) is 5.82. The predicted octanol–water partition coefficient (Wildman–Crippen LogP) is 3.12. The third kappa shape index (κ3) is 2.83. The van der Waals surface area contributed by atoms with Gasteiger partial charge in [0.1, 0.15) is 5.70 Å². The van der Waals surface area contributed by atoms with Crippen molar-refractivity contribution in [2.75, 3.05) is 19.6 Å². The van der Waals surface area contributed by atoms with Gasteiger partial charge in [-0.15, -0.1) is 0 Å². The summed E-state index contributed by atoms with van der Waals surface area (Å²) in [4.78, 5) is 18.7. The first-order valence-electron chi connectivity index (χ1n) is 7.29. The summed E-state index contributed by atoms with van der Waals surface area (Å²) in [5.74, 6) is 1.41.